The second kappa shape index (κ2) is 11.2. The highest BCUT2D eigenvalue weighted by atomic mass is 32.2. The van der Waals surface area contributed by atoms with Crippen LogP contribution in [0, 0.1) is 12.8 Å². The Morgan fingerprint density at radius 1 is 1.03 bits per heavy atom. The summed E-state index contributed by atoms with van der Waals surface area (Å²) >= 11 is 0. The number of likely N-dealkylation sites (tertiary alicyclic amines) is 1. The van der Waals surface area contributed by atoms with E-state index in [0.717, 1.165) is 0 Å². The fourth-order valence-corrected chi connectivity index (χ4v) is 5.13. The van der Waals surface area contributed by atoms with Crippen LogP contribution in [0.4, 0.5) is 4.79 Å². The molecular formula is C26H35N3O6S. The average Bonchev–Trinajstić information content (AvgIpc) is 2.83. The normalized spacial score (nSPS) is 15.4. The Morgan fingerprint density at radius 2 is 1.67 bits per heavy atom. The molecule has 0 aliphatic carbocycles. The van der Waals surface area contributed by atoms with E-state index in [-0.39, 0.29) is 16.9 Å². The summed E-state index contributed by atoms with van der Waals surface area (Å²) in [5.41, 5.74) is 1.32. The third-order valence-corrected chi connectivity index (χ3v) is 7.25. The summed E-state index contributed by atoms with van der Waals surface area (Å²) in [5, 5.41) is 4.41. The molecule has 1 heterocycles. The van der Waals surface area contributed by atoms with E-state index in [9.17, 15) is 13.2 Å². The number of piperidine rings is 1. The number of aryl methyl sites for hydroxylation is 1. The van der Waals surface area contributed by atoms with E-state index in [4.69, 9.17) is 14.2 Å². The van der Waals surface area contributed by atoms with E-state index in [1.165, 1.54) is 0 Å². The number of benzene rings is 2. The molecule has 10 heteroatoms. The maximum atomic E-state index is 13.0. The van der Waals surface area contributed by atoms with Gasteiger partial charge >= 0.3 is 6.09 Å². The first-order valence-electron chi connectivity index (χ1n) is 11.8. The molecule has 0 unspecified atom stereocenters. The van der Waals surface area contributed by atoms with Crippen LogP contribution in [-0.4, -0.2) is 58.0 Å². The summed E-state index contributed by atoms with van der Waals surface area (Å²) in [6.45, 7) is 8.17. The average molecular weight is 518 g/mol. The molecule has 1 amide bonds. The fourth-order valence-electron chi connectivity index (χ4n) is 4.07. The summed E-state index contributed by atoms with van der Waals surface area (Å²) in [4.78, 5) is 16.8. The number of methoxy groups -OCH3 is 2. The van der Waals surface area contributed by atoms with Crippen LogP contribution < -0.4 is 14.3 Å². The molecule has 0 radical (unpaired) electrons. The Hall–Kier alpha value is -3.27. The largest absolute Gasteiger partial charge is 0.493 e. The van der Waals surface area contributed by atoms with Gasteiger partial charge in [0.2, 0.25) is 0 Å². The minimum Gasteiger partial charge on any atom is -0.493 e. The van der Waals surface area contributed by atoms with Gasteiger partial charge in [0.1, 0.15) is 5.60 Å². The minimum atomic E-state index is -3.88. The van der Waals surface area contributed by atoms with Gasteiger partial charge in [-0.2, -0.15) is 18.4 Å². The van der Waals surface area contributed by atoms with Crippen molar-refractivity contribution >= 4 is 21.8 Å². The molecule has 0 spiro atoms. The topological polar surface area (TPSA) is 107 Å². The maximum Gasteiger partial charge on any atom is 0.410 e. The molecule has 2 aromatic carbocycles. The molecule has 1 fully saturated rings. The van der Waals surface area contributed by atoms with Crippen molar-refractivity contribution in [2.45, 2.75) is 51.0 Å². The number of ether oxygens (including phenoxy) is 3. The van der Waals surface area contributed by atoms with Crippen molar-refractivity contribution in [2.24, 2.45) is 11.0 Å². The van der Waals surface area contributed by atoms with Crippen LogP contribution in [0.5, 0.6) is 11.5 Å². The Balaban J connectivity index is 1.91. The molecular weight excluding hydrogens is 482 g/mol. The zero-order valence-electron chi connectivity index (χ0n) is 21.7. The minimum absolute atomic E-state index is 0.0960. The van der Waals surface area contributed by atoms with Crippen LogP contribution in [0.25, 0.3) is 0 Å². The SMILES string of the molecule is COc1ccc(C(=NNS(=O)(=O)c2ccccc2C)C2CCN(C(=O)OC(C)(C)C)CC2)cc1OC. The number of nitrogens with one attached hydrogen (secondary N) is 1. The Kier molecular flexibility index (Phi) is 8.50. The van der Waals surface area contributed by atoms with Gasteiger partial charge in [0.25, 0.3) is 10.0 Å². The van der Waals surface area contributed by atoms with Crippen molar-refractivity contribution in [3.63, 3.8) is 0 Å². The van der Waals surface area contributed by atoms with Crippen molar-refractivity contribution in [1.82, 2.24) is 9.73 Å². The highest BCUT2D eigenvalue weighted by molar-refractivity contribution is 7.89. The van der Waals surface area contributed by atoms with Crippen LogP contribution in [-0.2, 0) is 14.8 Å². The lowest BCUT2D eigenvalue weighted by Crippen LogP contribution is -2.43. The summed E-state index contributed by atoms with van der Waals surface area (Å²) in [7, 11) is -0.793. The lowest BCUT2D eigenvalue weighted by Gasteiger charge is -2.34. The van der Waals surface area contributed by atoms with Gasteiger partial charge in [0.15, 0.2) is 11.5 Å². The number of amides is 1. The van der Waals surface area contributed by atoms with Gasteiger partial charge in [-0.25, -0.2) is 4.79 Å². The molecule has 1 aliphatic rings. The Morgan fingerprint density at radius 3 is 2.25 bits per heavy atom. The lowest BCUT2D eigenvalue weighted by molar-refractivity contribution is 0.0202. The number of sulfonamides is 1. The number of carbonyl (C=O) groups is 1. The third kappa shape index (κ3) is 6.69. The molecule has 36 heavy (non-hydrogen) atoms. The van der Waals surface area contributed by atoms with E-state index < -0.39 is 15.6 Å². The van der Waals surface area contributed by atoms with Crippen LogP contribution in [0.15, 0.2) is 52.5 Å². The summed E-state index contributed by atoms with van der Waals surface area (Å²) in [6.07, 6.45) is 0.836. The first kappa shape index (κ1) is 27.3. The number of hydrazone groups is 1. The van der Waals surface area contributed by atoms with Gasteiger partial charge in [0, 0.05) is 24.6 Å². The Labute approximate surface area is 213 Å². The van der Waals surface area contributed by atoms with E-state index in [1.807, 2.05) is 26.8 Å². The molecule has 1 aliphatic heterocycles. The van der Waals surface area contributed by atoms with Gasteiger partial charge in [-0.05, 0) is 70.4 Å². The number of rotatable bonds is 7. The number of hydrogen-bond donors (Lipinski definition) is 1. The molecule has 2 aromatic rings. The molecule has 0 aromatic heterocycles. The van der Waals surface area contributed by atoms with Crippen molar-refractivity contribution < 1.29 is 27.4 Å². The molecule has 1 saturated heterocycles. The monoisotopic (exact) mass is 517 g/mol. The van der Waals surface area contributed by atoms with Crippen LogP contribution in [0.3, 0.4) is 0 Å². The van der Waals surface area contributed by atoms with E-state index in [2.05, 4.69) is 9.93 Å². The van der Waals surface area contributed by atoms with Crippen LogP contribution >= 0.6 is 0 Å². The van der Waals surface area contributed by atoms with E-state index in [1.54, 1.807) is 62.4 Å². The van der Waals surface area contributed by atoms with Gasteiger partial charge < -0.3 is 19.1 Å². The first-order valence-corrected chi connectivity index (χ1v) is 13.3. The first-order chi connectivity index (χ1) is 16.9. The molecule has 196 valence electrons. The number of carbonyl (C=O) groups excluding carboxylic acids is 1. The molecule has 9 nitrogen and oxygen atoms in total. The van der Waals surface area contributed by atoms with Crippen molar-refractivity contribution in [3.8, 4) is 11.5 Å². The standard InChI is InChI=1S/C26H35N3O6S/c1-18-9-7-8-10-23(18)36(31,32)28-27-24(20-11-12-21(33-5)22(17-20)34-6)19-13-15-29(16-14-19)25(30)35-26(2,3)4/h7-12,17,19,28H,13-16H2,1-6H3. The Bertz CT molecular complexity index is 1210. The van der Waals surface area contributed by atoms with Crippen molar-refractivity contribution in [3.05, 3.63) is 53.6 Å². The molecule has 0 saturated carbocycles. The molecule has 0 bridgehead atoms. The zero-order chi connectivity index (χ0) is 26.5. The second-order valence-electron chi connectivity index (χ2n) is 9.67. The second-order valence-corrected chi connectivity index (χ2v) is 11.3. The number of nitrogens with zero attached hydrogens (tertiary/aromatic N) is 2. The molecule has 0 atom stereocenters. The lowest BCUT2D eigenvalue weighted by atomic mass is 9.88. The fraction of sp³-hybridized carbons (Fsp3) is 0.462. The molecule has 1 N–H and O–H groups in total. The van der Waals surface area contributed by atoms with E-state index >= 15 is 0 Å². The quantitative estimate of drug-likeness (QED) is 0.433. The molecule has 3 rings (SSSR count). The zero-order valence-corrected chi connectivity index (χ0v) is 22.5. The van der Waals surface area contributed by atoms with Crippen molar-refractivity contribution in [2.75, 3.05) is 27.3 Å². The van der Waals surface area contributed by atoms with Crippen LogP contribution in [0.1, 0.15) is 44.7 Å². The third-order valence-electron chi connectivity index (χ3n) is 5.88. The van der Waals surface area contributed by atoms with Crippen molar-refractivity contribution in [1.29, 1.82) is 0 Å². The van der Waals surface area contributed by atoms with Gasteiger partial charge in [-0.1, -0.05) is 18.2 Å². The number of hydrogen-bond acceptors (Lipinski definition) is 7. The highest BCUT2D eigenvalue weighted by Gasteiger charge is 2.30. The summed E-state index contributed by atoms with van der Waals surface area (Å²) in [5.74, 6) is 0.970. The predicted molar refractivity (Wildman–Crippen MR) is 138 cm³/mol. The van der Waals surface area contributed by atoms with E-state index in [0.29, 0.717) is 54.3 Å². The van der Waals surface area contributed by atoms with Gasteiger partial charge in [-0.3, -0.25) is 0 Å². The van der Waals surface area contributed by atoms with Gasteiger partial charge in [0.05, 0.1) is 24.8 Å². The predicted octanol–water partition coefficient (Wildman–Crippen LogP) is 4.34. The highest BCUT2D eigenvalue weighted by Crippen LogP contribution is 2.31. The van der Waals surface area contributed by atoms with Crippen LogP contribution in [0.2, 0.25) is 0 Å². The van der Waals surface area contributed by atoms with Gasteiger partial charge in [-0.15, -0.1) is 0 Å². The summed E-state index contributed by atoms with van der Waals surface area (Å²) < 4.78 is 42.4. The summed E-state index contributed by atoms with van der Waals surface area (Å²) in [6, 6.07) is 12.1. The maximum absolute atomic E-state index is 13.0. The smallest absolute Gasteiger partial charge is 0.410 e.